The molecule has 2 aromatic rings. The quantitative estimate of drug-likeness (QED) is 0.889. The summed E-state index contributed by atoms with van der Waals surface area (Å²) >= 11 is 0. The van der Waals surface area contributed by atoms with Crippen molar-refractivity contribution in [2.45, 2.75) is 26.3 Å². The highest BCUT2D eigenvalue weighted by Gasteiger charge is 2.24. The van der Waals surface area contributed by atoms with Crippen LogP contribution in [0.3, 0.4) is 0 Å². The van der Waals surface area contributed by atoms with Crippen molar-refractivity contribution in [1.29, 1.82) is 0 Å². The summed E-state index contributed by atoms with van der Waals surface area (Å²) in [7, 11) is 0. The average molecular weight is 275 g/mol. The Morgan fingerprint density at radius 1 is 1.45 bits per heavy atom. The van der Waals surface area contributed by atoms with E-state index in [2.05, 4.69) is 5.10 Å². The molecule has 0 saturated heterocycles. The Morgan fingerprint density at radius 3 is 2.85 bits per heavy atom. The number of hydrogen-bond donors (Lipinski definition) is 1. The number of pyridine rings is 1. The van der Waals surface area contributed by atoms with E-state index in [1.54, 1.807) is 23.8 Å². The zero-order chi connectivity index (χ0) is 14.7. The molecule has 2 heterocycles. The number of fused-ring (bicyclic) bond motifs is 1. The molecule has 0 aliphatic heterocycles. The fourth-order valence-corrected chi connectivity index (χ4v) is 2.19. The first-order chi connectivity index (χ1) is 9.54. The monoisotopic (exact) mass is 275 g/mol. The SMILES string of the molecule is CCN(C(=O)Cc1cnn2ccccc12)C(C)C(=O)O. The molecule has 1 unspecified atom stereocenters. The molecule has 0 aromatic carbocycles. The molecule has 20 heavy (non-hydrogen) atoms. The van der Waals surface area contributed by atoms with Crippen LogP contribution in [0.4, 0.5) is 0 Å². The van der Waals surface area contributed by atoms with Gasteiger partial charge in [-0.25, -0.2) is 9.31 Å². The van der Waals surface area contributed by atoms with Crippen molar-refractivity contribution in [3.05, 3.63) is 36.2 Å². The van der Waals surface area contributed by atoms with Crippen molar-refractivity contribution < 1.29 is 14.7 Å². The molecule has 6 nitrogen and oxygen atoms in total. The lowest BCUT2D eigenvalue weighted by molar-refractivity contribution is -0.149. The first-order valence-electron chi connectivity index (χ1n) is 6.48. The van der Waals surface area contributed by atoms with Crippen LogP contribution in [-0.2, 0) is 16.0 Å². The van der Waals surface area contributed by atoms with Crippen LogP contribution in [0.2, 0.25) is 0 Å². The second-order valence-electron chi connectivity index (χ2n) is 4.57. The third-order valence-corrected chi connectivity index (χ3v) is 3.33. The second-order valence-corrected chi connectivity index (χ2v) is 4.57. The highest BCUT2D eigenvalue weighted by molar-refractivity contribution is 5.85. The first kappa shape index (κ1) is 14.0. The summed E-state index contributed by atoms with van der Waals surface area (Å²) in [5.74, 6) is -1.21. The lowest BCUT2D eigenvalue weighted by Crippen LogP contribution is -2.43. The molecule has 2 rings (SSSR count). The van der Waals surface area contributed by atoms with Gasteiger partial charge in [-0.1, -0.05) is 6.07 Å². The Balaban J connectivity index is 2.20. The van der Waals surface area contributed by atoms with Crippen LogP contribution in [0.1, 0.15) is 19.4 Å². The maximum atomic E-state index is 12.3. The van der Waals surface area contributed by atoms with E-state index >= 15 is 0 Å². The van der Waals surface area contributed by atoms with Crippen LogP contribution >= 0.6 is 0 Å². The van der Waals surface area contributed by atoms with Crippen molar-refractivity contribution in [3.63, 3.8) is 0 Å². The molecule has 0 radical (unpaired) electrons. The van der Waals surface area contributed by atoms with Gasteiger partial charge in [0.15, 0.2) is 0 Å². The van der Waals surface area contributed by atoms with Crippen LogP contribution in [0, 0.1) is 0 Å². The molecule has 2 aromatic heterocycles. The summed E-state index contributed by atoms with van der Waals surface area (Å²) in [6, 6.07) is 4.79. The Bertz CT molecular complexity index is 635. The van der Waals surface area contributed by atoms with E-state index in [-0.39, 0.29) is 12.3 Å². The molecule has 0 spiro atoms. The number of carbonyl (C=O) groups is 2. The second kappa shape index (κ2) is 5.73. The fraction of sp³-hybridized carbons (Fsp3) is 0.357. The number of nitrogens with zero attached hydrogens (tertiary/aromatic N) is 3. The lowest BCUT2D eigenvalue weighted by Gasteiger charge is -2.24. The fourth-order valence-electron chi connectivity index (χ4n) is 2.19. The zero-order valence-corrected chi connectivity index (χ0v) is 11.5. The van der Waals surface area contributed by atoms with Crippen LogP contribution in [-0.4, -0.2) is 44.1 Å². The van der Waals surface area contributed by atoms with E-state index in [1.807, 2.05) is 18.2 Å². The first-order valence-corrected chi connectivity index (χ1v) is 6.48. The summed E-state index contributed by atoms with van der Waals surface area (Å²) in [5.41, 5.74) is 1.66. The van der Waals surface area contributed by atoms with Gasteiger partial charge in [-0.15, -0.1) is 0 Å². The van der Waals surface area contributed by atoms with Gasteiger partial charge in [0.05, 0.1) is 18.1 Å². The van der Waals surface area contributed by atoms with E-state index in [4.69, 9.17) is 5.11 Å². The summed E-state index contributed by atoms with van der Waals surface area (Å²) in [6.07, 6.45) is 3.60. The molecule has 6 heteroatoms. The highest BCUT2D eigenvalue weighted by Crippen LogP contribution is 2.13. The van der Waals surface area contributed by atoms with Gasteiger partial charge in [0, 0.05) is 18.3 Å². The number of aromatic nitrogens is 2. The van der Waals surface area contributed by atoms with E-state index < -0.39 is 12.0 Å². The van der Waals surface area contributed by atoms with Crippen molar-refractivity contribution in [3.8, 4) is 0 Å². The molecule has 106 valence electrons. The lowest BCUT2D eigenvalue weighted by atomic mass is 10.1. The minimum Gasteiger partial charge on any atom is -0.480 e. The summed E-state index contributed by atoms with van der Waals surface area (Å²) in [4.78, 5) is 24.6. The number of carboxylic acids is 1. The van der Waals surface area contributed by atoms with Crippen molar-refractivity contribution >= 4 is 17.4 Å². The number of hydrogen-bond acceptors (Lipinski definition) is 3. The summed E-state index contributed by atoms with van der Waals surface area (Å²) in [5, 5.41) is 13.2. The largest absolute Gasteiger partial charge is 0.480 e. The number of carbonyl (C=O) groups excluding carboxylic acids is 1. The van der Waals surface area contributed by atoms with Gasteiger partial charge in [-0.05, 0) is 26.0 Å². The summed E-state index contributed by atoms with van der Waals surface area (Å²) in [6.45, 7) is 3.65. The van der Waals surface area contributed by atoms with Gasteiger partial charge in [0.25, 0.3) is 0 Å². The normalized spacial score (nSPS) is 12.3. The predicted octanol–water partition coefficient (Wildman–Crippen LogP) is 1.20. The van der Waals surface area contributed by atoms with Crippen LogP contribution in [0.5, 0.6) is 0 Å². The molecular weight excluding hydrogens is 258 g/mol. The smallest absolute Gasteiger partial charge is 0.326 e. The predicted molar refractivity (Wildman–Crippen MR) is 73.4 cm³/mol. The summed E-state index contributed by atoms with van der Waals surface area (Å²) < 4.78 is 1.69. The van der Waals surface area contributed by atoms with Gasteiger partial charge in [-0.3, -0.25) is 4.79 Å². The van der Waals surface area contributed by atoms with Gasteiger partial charge in [0.1, 0.15) is 6.04 Å². The number of amides is 1. The number of carboxylic acid groups (broad SMARTS) is 1. The molecule has 0 bridgehead atoms. The number of rotatable bonds is 5. The minimum atomic E-state index is -1.000. The van der Waals surface area contributed by atoms with E-state index in [0.29, 0.717) is 6.54 Å². The maximum Gasteiger partial charge on any atom is 0.326 e. The Labute approximate surface area is 116 Å². The number of aliphatic carboxylic acids is 1. The molecule has 1 N–H and O–H groups in total. The van der Waals surface area contributed by atoms with Crippen molar-refractivity contribution in [2.75, 3.05) is 6.54 Å². The Morgan fingerprint density at radius 2 is 2.20 bits per heavy atom. The van der Waals surface area contributed by atoms with Crippen LogP contribution < -0.4 is 0 Å². The van der Waals surface area contributed by atoms with Crippen LogP contribution in [0.15, 0.2) is 30.6 Å². The van der Waals surface area contributed by atoms with Crippen molar-refractivity contribution in [2.24, 2.45) is 0 Å². The Kier molecular flexibility index (Phi) is 4.02. The van der Waals surface area contributed by atoms with E-state index in [1.165, 1.54) is 11.8 Å². The van der Waals surface area contributed by atoms with Crippen molar-refractivity contribution in [1.82, 2.24) is 14.5 Å². The molecule has 0 saturated carbocycles. The molecule has 0 aliphatic rings. The average Bonchev–Trinajstić information content (AvgIpc) is 2.83. The van der Waals surface area contributed by atoms with E-state index in [9.17, 15) is 9.59 Å². The van der Waals surface area contributed by atoms with Gasteiger partial charge >= 0.3 is 5.97 Å². The highest BCUT2D eigenvalue weighted by atomic mass is 16.4. The third-order valence-electron chi connectivity index (χ3n) is 3.33. The molecule has 1 amide bonds. The molecule has 0 fully saturated rings. The standard InChI is InChI=1S/C14H17N3O3/c1-3-16(10(2)14(19)20)13(18)8-11-9-15-17-7-5-4-6-12(11)17/h4-7,9-10H,3,8H2,1-2H3,(H,19,20). The molecule has 1 atom stereocenters. The minimum absolute atomic E-state index is 0.152. The number of likely N-dealkylation sites (N-methyl/N-ethyl adjacent to an activating group) is 1. The molecule has 0 aliphatic carbocycles. The van der Waals surface area contributed by atoms with Gasteiger partial charge < -0.3 is 10.0 Å². The maximum absolute atomic E-state index is 12.3. The topological polar surface area (TPSA) is 74.9 Å². The van der Waals surface area contributed by atoms with E-state index in [0.717, 1.165) is 11.1 Å². The third kappa shape index (κ3) is 2.64. The molecular formula is C14H17N3O3. The Hall–Kier alpha value is -2.37. The zero-order valence-electron chi connectivity index (χ0n) is 11.5. The van der Waals surface area contributed by atoms with Crippen LogP contribution in [0.25, 0.3) is 5.52 Å². The van der Waals surface area contributed by atoms with Gasteiger partial charge in [0.2, 0.25) is 5.91 Å². The van der Waals surface area contributed by atoms with Gasteiger partial charge in [-0.2, -0.15) is 5.10 Å².